The summed E-state index contributed by atoms with van der Waals surface area (Å²) in [5.74, 6) is 0.372. The number of methoxy groups -OCH3 is 1. The molecule has 0 unspecified atom stereocenters. The SMILES string of the molecule is COc1ccc(C(=O)NC(=S)NC[C@@H](O)CN(C)C)cc1. The molecule has 1 aromatic rings. The van der Waals surface area contributed by atoms with Gasteiger partial charge in [0, 0.05) is 18.7 Å². The van der Waals surface area contributed by atoms with E-state index in [9.17, 15) is 9.90 Å². The minimum atomic E-state index is -0.559. The van der Waals surface area contributed by atoms with Gasteiger partial charge >= 0.3 is 0 Å². The molecule has 1 atom stereocenters. The van der Waals surface area contributed by atoms with Crippen LogP contribution in [0.15, 0.2) is 24.3 Å². The van der Waals surface area contributed by atoms with Crippen LogP contribution in [-0.4, -0.2) is 61.4 Å². The second-order valence-corrected chi connectivity index (χ2v) is 5.22. The quantitative estimate of drug-likeness (QED) is 0.653. The van der Waals surface area contributed by atoms with Gasteiger partial charge in [0.25, 0.3) is 5.91 Å². The number of thiocarbonyl (C=S) groups is 1. The van der Waals surface area contributed by atoms with E-state index in [1.807, 2.05) is 19.0 Å². The van der Waals surface area contributed by atoms with Crippen molar-refractivity contribution in [3.8, 4) is 5.75 Å². The summed E-state index contributed by atoms with van der Waals surface area (Å²) < 4.78 is 5.02. The summed E-state index contributed by atoms with van der Waals surface area (Å²) in [4.78, 5) is 13.8. The third kappa shape index (κ3) is 6.52. The number of rotatable bonds is 6. The van der Waals surface area contributed by atoms with Crippen molar-refractivity contribution < 1.29 is 14.6 Å². The van der Waals surface area contributed by atoms with E-state index in [0.717, 1.165) is 0 Å². The van der Waals surface area contributed by atoms with Crippen LogP contribution >= 0.6 is 12.2 Å². The number of nitrogens with one attached hydrogen (secondary N) is 2. The molecule has 21 heavy (non-hydrogen) atoms. The van der Waals surface area contributed by atoms with Crippen molar-refractivity contribution in [3.63, 3.8) is 0 Å². The van der Waals surface area contributed by atoms with Gasteiger partial charge in [0.05, 0.1) is 13.2 Å². The van der Waals surface area contributed by atoms with Gasteiger partial charge in [0.15, 0.2) is 5.11 Å². The minimum absolute atomic E-state index is 0.189. The largest absolute Gasteiger partial charge is 0.497 e. The Kier molecular flexibility index (Phi) is 7.07. The fraction of sp³-hybridized carbons (Fsp3) is 0.429. The fourth-order valence-corrected chi connectivity index (χ4v) is 1.83. The van der Waals surface area contributed by atoms with Gasteiger partial charge in [-0.15, -0.1) is 0 Å². The molecule has 1 rings (SSSR count). The molecule has 7 heteroatoms. The Morgan fingerprint density at radius 2 is 2.00 bits per heavy atom. The Morgan fingerprint density at radius 1 is 1.38 bits per heavy atom. The van der Waals surface area contributed by atoms with Gasteiger partial charge in [-0.05, 0) is 50.6 Å². The number of nitrogens with zero attached hydrogens (tertiary/aromatic N) is 1. The molecule has 6 nitrogen and oxygen atoms in total. The average molecular weight is 311 g/mol. The summed E-state index contributed by atoms with van der Waals surface area (Å²) in [6.07, 6.45) is -0.559. The topological polar surface area (TPSA) is 73.8 Å². The highest BCUT2D eigenvalue weighted by Gasteiger charge is 2.10. The van der Waals surface area contributed by atoms with E-state index >= 15 is 0 Å². The molecule has 116 valence electrons. The van der Waals surface area contributed by atoms with E-state index in [1.165, 1.54) is 0 Å². The van der Waals surface area contributed by atoms with Gasteiger partial charge in [0.2, 0.25) is 0 Å². The summed E-state index contributed by atoms with van der Waals surface area (Å²) in [7, 11) is 5.30. The molecule has 0 aliphatic heterocycles. The minimum Gasteiger partial charge on any atom is -0.497 e. The van der Waals surface area contributed by atoms with Gasteiger partial charge in [-0.1, -0.05) is 0 Å². The number of amides is 1. The number of benzene rings is 1. The van der Waals surface area contributed by atoms with Crippen molar-refractivity contribution in [1.82, 2.24) is 15.5 Å². The van der Waals surface area contributed by atoms with Crippen LogP contribution < -0.4 is 15.4 Å². The zero-order valence-electron chi connectivity index (χ0n) is 12.4. The summed E-state index contributed by atoms with van der Waals surface area (Å²) in [6, 6.07) is 6.70. The van der Waals surface area contributed by atoms with Crippen LogP contribution in [0.4, 0.5) is 0 Å². The Hall–Kier alpha value is -1.70. The molecule has 0 aliphatic carbocycles. The number of carbonyl (C=O) groups excluding carboxylic acids is 1. The molecule has 0 fully saturated rings. The normalized spacial score (nSPS) is 11.9. The molecule has 0 heterocycles. The molecular formula is C14H21N3O3S. The summed E-state index contributed by atoms with van der Waals surface area (Å²) in [6.45, 7) is 0.794. The Morgan fingerprint density at radius 3 is 2.52 bits per heavy atom. The lowest BCUT2D eigenvalue weighted by Crippen LogP contribution is -2.44. The first-order chi connectivity index (χ1) is 9.92. The predicted octanol–water partition coefficient (Wildman–Crippen LogP) is 0.222. The molecule has 0 radical (unpaired) electrons. The van der Waals surface area contributed by atoms with Crippen LogP contribution in [0.1, 0.15) is 10.4 Å². The van der Waals surface area contributed by atoms with Crippen LogP contribution in [0.25, 0.3) is 0 Å². The molecule has 0 spiro atoms. The zero-order valence-corrected chi connectivity index (χ0v) is 13.2. The van der Waals surface area contributed by atoms with Crippen molar-refractivity contribution >= 4 is 23.2 Å². The van der Waals surface area contributed by atoms with Crippen LogP contribution in [-0.2, 0) is 0 Å². The van der Waals surface area contributed by atoms with E-state index in [0.29, 0.717) is 17.9 Å². The number of aliphatic hydroxyl groups excluding tert-OH is 1. The molecule has 3 N–H and O–H groups in total. The number of likely N-dealkylation sites (N-methyl/N-ethyl adjacent to an activating group) is 1. The lowest BCUT2D eigenvalue weighted by atomic mass is 10.2. The van der Waals surface area contributed by atoms with Crippen molar-refractivity contribution in [3.05, 3.63) is 29.8 Å². The van der Waals surface area contributed by atoms with Crippen LogP contribution in [0.3, 0.4) is 0 Å². The van der Waals surface area contributed by atoms with E-state index in [1.54, 1.807) is 31.4 Å². The van der Waals surface area contributed by atoms with Crippen molar-refractivity contribution in [2.75, 3.05) is 34.3 Å². The maximum atomic E-state index is 11.9. The second-order valence-electron chi connectivity index (χ2n) is 4.81. The molecule has 0 saturated heterocycles. The first-order valence-corrected chi connectivity index (χ1v) is 6.89. The molecule has 0 saturated carbocycles. The summed E-state index contributed by atoms with van der Waals surface area (Å²) >= 11 is 5.02. The smallest absolute Gasteiger partial charge is 0.257 e. The fourth-order valence-electron chi connectivity index (χ4n) is 1.66. The second kappa shape index (κ2) is 8.56. The van der Waals surface area contributed by atoms with Crippen LogP contribution in [0.5, 0.6) is 5.75 Å². The maximum absolute atomic E-state index is 11.9. The Bertz CT molecular complexity index is 477. The Balaban J connectivity index is 2.41. The standard InChI is InChI=1S/C14H21N3O3S/c1-17(2)9-11(18)8-15-14(21)16-13(19)10-4-6-12(20-3)7-5-10/h4-7,11,18H,8-9H2,1-3H3,(H2,15,16,19,21)/t11-/m1/s1. The van der Waals surface area contributed by atoms with Crippen molar-refractivity contribution in [2.45, 2.75) is 6.10 Å². The molecule has 1 aromatic carbocycles. The van der Waals surface area contributed by atoms with E-state index in [4.69, 9.17) is 17.0 Å². The molecule has 0 aliphatic rings. The number of hydrogen-bond donors (Lipinski definition) is 3. The van der Waals surface area contributed by atoms with Gasteiger partial charge < -0.3 is 20.1 Å². The summed E-state index contributed by atoms with van der Waals surface area (Å²) in [5.41, 5.74) is 0.480. The van der Waals surface area contributed by atoms with Crippen molar-refractivity contribution in [2.24, 2.45) is 0 Å². The Labute approximate surface area is 130 Å². The number of ether oxygens (including phenoxy) is 1. The molecule has 0 aromatic heterocycles. The monoisotopic (exact) mass is 311 g/mol. The number of carbonyl (C=O) groups is 1. The highest BCUT2D eigenvalue weighted by Crippen LogP contribution is 2.10. The lowest BCUT2D eigenvalue weighted by molar-refractivity contribution is 0.0975. The first kappa shape index (κ1) is 17.4. The van der Waals surface area contributed by atoms with E-state index in [2.05, 4.69) is 10.6 Å². The molecule has 0 bridgehead atoms. The van der Waals surface area contributed by atoms with Gasteiger partial charge in [-0.25, -0.2) is 0 Å². The predicted molar refractivity (Wildman–Crippen MR) is 85.6 cm³/mol. The number of aliphatic hydroxyl groups is 1. The highest BCUT2D eigenvalue weighted by atomic mass is 32.1. The van der Waals surface area contributed by atoms with Crippen LogP contribution in [0, 0.1) is 0 Å². The third-order valence-electron chi connectivity index (χ3n) is 2.65. The van der Waals surface area contributed by atoms with E-state index in [-0.39, 0.29) is 17.6 Å². The van der Waals surface area contributed by atoms with E-state index < -0.39 is 6.10 Å². The van der Waals surface area contributed by atoms with Gasteiger partial charge in [0.1, 0.15) is 5.75 Å². The maximum Gasteiger partial charge on any atom is 0.257 e. The summed E-state index contributed by atoms with van der Waals surface area (Å²) in [5, 5.41) is 15.2. The molecule has 1 amide bonds. The van der Waals surface area contributed by atoms with Crippen LogP contribution in [0.2, 0.25) is 0 Å². The zero-order chi connectivity index (χ0) is 15.8. The molecular weight excluding hydrogens is 290 g/mol. The van der Waals surface area contributed by atoms with Gasteiger partial charge in [-0.2, -0.15) is 0 Å². The highest BCUT2D eigenvalue weighted by molar-refractivity contribution is 7.80. The lowest BCUT2D eigenvalue weighted by Gasteiger charge is -2.17. The first-order valence-electron chi connectivity index (χ1n) is 6.48. The number of hydrogen-bond acceptors (Lipinski definition) is 5. The van der Waals surface area contributed by atoms with Gasteiger partial charge in [-0.3, -0.25) is 10.1 Å². The third-order valence-corrected chi connectivity index (χ3v) is 2.90. The van der Waals surface area contributed by atoms with Crippen molar-refractivity contribution in [1.29, 1.82) is 0 Å². The average Bonchev–Trinajstić information content (AvgIpc) is 2.44.